The summed E-state index contributed by atoms with van der Waals surface area (Å²) in [6.07, 6.45) is 3.64. The number of aromatic carboxylic acids is 1. The summed E-state index contributed by atoms with van der Waals surface area (Å²) in [6.45, 7) is 4.00. The third-order valence-electron chi connectivity index (χ3n) is 2.87. The van der Waals surface area contributed by atoms with Crippen LogP contribution in [0.2, 0.25) is 0 Å². The van der Waals surface area contributed by atoms with Crippen molar-refractivity contribution in [2.45, 2.75) is 44.3 Å². The third-order valence-corrected chi connectivity index (χ3v) is 5.57. The van der Waals surface area contributed by atoms with Crippen LogP contribution in [-0.4, -0.2) is 21.8 Å². The summed E-state index contributed by atoms with van der Waals surface area (Å²) < 4.78 is 0. The third kappa shape index (κ3) is 2.83. The van der Waals surface area contributed by atoms with Crippen molar-refractivity contribution in [2.75, 3.05) is 5.75 Å². The molecule has 0 aromatic carbocycles. The monoisotopic (exact) mass is 271 g/mol. The molecule has 1 atom stereocenters. The zero-order chi connectivity index (χ0) is 12.4. The number of thiazole rings is 1. The van der Waals surface area contributed by atoms with Crippen LogP contribution in [0.25, 0.3) is 0 Å². The van der Waals surface area contributed by atoms with Crippen molar-refractivity contribution in [3.8, 4) is 0 Å². The molecule has 0 radical (unpaired) electrons. The van der Waals surface area contributed by atoms with E-state index >= 15 is 0 Å². The van der Waals surface area contributed by atoms with Crippen LogP contribution in [0, 0.1) is 0 Å². The number of hydrogen-bond acceptors (Lipinski definition) is 4. The first-order chi connectivity index (χ1) is 8.09. The van der Waals surface area contributed by atoms with Gasteiger partial charge in [-0.05, 0) is 24.5 Å². The van der Waals surface area contributed by atoms with Gasteiger partial charge in [0, 0.05) is 0 Å². The van der Waals surface area contributed by atoms with E-state index in [1.807, 2.05) is 25.6 Å². The van der Waals surface area contributed by atoms with Crippen molar-refractivity contribution < 1.29 is 9.90 Å². The van der Waals surface area contributed by atoms with Crippen molar-refractivity contribution in [3.05, 3.63) is 15.6 Å². The van der Waals surface area contributed by atoms with Crippen LogP contribution in [0.5, 0.6) is 0 Å². The van der Waals surface area contributed by atoms with Gasteiger partial charge >= 0.3 is 5.97 Å². The molecule has 94 valence electrons. The fourth-order valence-corrected chi connectivity index (χ4v) is 4.57. The van der Waals surface area contributed by atoms with Crippen LogP contribution in [0.15, 0.2) is 0 Å². The lowest BCUT2D eigenvalue weighted by molar-refractivity contribution is 0.0700. The van der Waals surface area contributed by atoms with Crippen LogP contribution >= 0.6 is 23.1 Å². The lowest BCUT2D eigenvalue weighted by atomic mass is 10.1. The zero-order valence-corrected chi connectivity index (χ0v) is 11.7. The highest BCUT2D eigenvalue weighted by Crippen LogP contribution is 2.41. The second kappa shape index (κ2) is 5.40. The van der Waals surface area contributed by atoms with Gasteiger partial charge < -0.3 is 5.11 Å². The molecule has 0 saturated carbocycles. The number of thioether (sulfide) groups is 1. The molecule has 1 saturated heterocycles. The van der Waals surface area contributed by atoms with E-state index in [1.54, 1.807) is 0 Å². The molecule has 1 N–H and O–H groups in total. The first-order valence-corrected chi connectivity index (χ1v) is 7.81. The van der Waals surface area contributed by atoms with E-state index in [4.69, 9.17) is 0 Å². The van der Waals surface area contributed by atoms with Gasteiger partial charge in [0.2, 0.25) is 0 Å². The van der Waals surface area contributed by atoms with E-state index in [2.05, 4.69) is 4.98 Å². The molecule has 1 aliphatic heterocycles. The van der Waals surface area contributed by atoms with E-state index in [-0.39, 0.29) is 5.92 Å². The van der Waals surface area contributed by atoms with Gasteiger partial charge in [0.25, 0.3) is 0 Å². The second-order valence-corrected chi connectivity index (χ2v) is 6.92. The molecule has 0 amide bonds. The van der Waals surface area contributed by atoms with E-state index in [1.165, 1.54) is 29.9 Å². The predicted octanol–water partition coefficient (Wildman–Crippen LogP) is 3.92. The number of carbonyl (C=O) groups is 1. The van der Waals surface area contributed by atoms with Crippen LogP contribution in [0.1, 0.15) is 64.7 Å². The number of rotatable bonds is 3. The van der Waals surface area contributed by atoms with Gasteiger partial charge in [-0.2, -0.15) is 11.8 Å². The zero-order valence-electron chi connectivity index (χ0n) is 10.1. The van der Waals surface area contributed by atoms with Gasteiger partial charge in [-0.25, -0.2) is 9.78 Å². The molecule has 2 rings (SSSR count). The Morgan fingerprint density at radius 3 is 2.71 bits per heavy atom. The Bertz CT molecular complexity index is 409. The second-order valence-electron chi connectivity index (χ2n) is 4.58. The number of aromatic nitrogens is 1. The first-order valence-electron chi connectivity index (χ1n) is 5.95. The Morgan fingerprint density at radius 2 is 2.24 bits per heavy atom. The largest absolute Gasteiger partial charge is 0.477 e. The maximum absolute atomic E-state index is 11.2. The van der Waals surface area contributed by atoms with E-state index < -0.39 is 5.97 Å². The van der Waals surface area contributed by atoms with Crippen LogP contribution in [0.3, 0.4) is 0 Å². The Kier molecular flexibility index (Phi) is 4.09. The molecule has 0 spiro atoms. The van der Waals surface area contributed by atoms with Crippen LogP contribution < -0.4 is 0 Å². The Morgan fingerprint density at radius 1 is 1.47 bits per heavy atom. The average Bonchev–Trinajstić information content (AvgIpc) is 2.75. The van der Waals surface area contributed by atoms with E-state index in [0.717, 1.165) is 17.1 Å². The lowest BCUT2D eigenvalue weighted by Gasteiger charge is -2.18. The summed E-state index contributed by atoms with van der Waals surface area (Å²) in [6, 6.07) is 0. The molecule has 1 aromatic rings. The highest BCUT2D eigenvalue weighted by Gasteiger charge is 2.25. The molecule has 1 fully saturated rings. The van der Waals surface area contributed by atoms with Crippen molar-refractivity contribution in [1.82, 2.24) is 4.98 Å². The smallest absolute Gasteiger partial charge is 0.347 e. The van der Waals surface area contributed by atoms with Gasteiger partial charge in [-0.1, -0.05) is 20.3 Å². The number of hydrogen-bond donors (Lipinski definition) is 1. The Balaban J connectivity index is 2.29. The summed E-state index contributed by atoms with van der Waals surface area (Å²) in [7, 11) is 0. The molecule has 1 aliphatic rings. The first kappa shape index (κ1) is 12.9. The number of carboxylic acids is 1. The SMILES string of the molecule is CC(C)c1nc(C2CCCCS2)sc1C(=O)O. The van der Waals surface area contributed by atoms with E-state index in [9.17, 15) is 9.90 Å². The van der Waals surface area contributed by atoms with E-state index in [0.29, 0.717) is 10.1 Å². The number of nitrogens with zero attached hydrogens (tertiary/aromatic N) is 1. The van der Waals surface area contributed by atoms with Crippen molar-refractivity contribution >= 4 is 29.1 Å². The molecule has 0 aliphatic carbocycles. The summed E-state index contributed by atoms with van der Waals surface area (Å²) in [5.74, 6) is 0.516. The molecule has 1 unspecified atom stereocenters. The highest BCUT2D eigenvalue weighted by molar-refractivity contribution is 7.99. The minimum atomic E-state index is -0.835. The normalized spacial score (nSPS) is 20.8. The van der Waals surface area contributed by atoms with Crippen LogP contribution in [0.4, 0.5) is 0 Å². The fraction of sp³-hybridized carbons (Fsp3) is 0.667. The minimum absolute atomic E-state index is 0.180. The quantitative estimate of drug-likeness (QED) is 0.905. The molecule has 17 heavy (non-hydrogen) atoms. The maximum atomic E-state index is 11.2. The molecule has 1 aromatic heterocycles. The molecular weight excluding hydrogens is 254 g/mol. The van der Waals surface area contributed by atoms with Crippen molar-refractivity contribution in [2.24, 2.45) is 0 Å². The number of carboxylic acid groups (broad SMARTS) is 1. The summed E-state index contributed by atoms with van der Waals surface area (Å²) in [4.78, 5) is 16.2. The standard InChI is InChI=1S/C12H17NO2S2/c1-7(2)9-10(12(14)15)17-11(13-9)8-5-3-4-6-16-8/h7-8H,3-6H2,1-2H3,(H,14,15). The average molecular weight is 271 g/mol. The van der Waals surface area contributed by atoms with Gasteiger partial charge in [0.1, 0.15) is 9.88 Å². The van der Waals surface area contributed by atoms with Gasteiger partial charge in [-0.3, -0.25) is 0 Å². The molecule has 0 bridgehead atoms. The van der Waals surface area contributed by atoms with Crippen molar-refractivity contribution in [3.63, 3.8) is 0 Å². The summed E-state index contributed by atoms with van der Waals surface area (Å²) >= 11 is 3.29. The van der Waals surface area contributed by atoms with Gasteiger partial charge in [0.05, 0.1) is 10.9 Å². The lowest BCUT2D eigenvalue weighted by Crippen LogP contribution is -2.02. The van der Waals surface area contributed by atoms with Crippen molar-refractivity contribution in [1.29, 1.82) is 0 Å². The summed E-state index contributed by atoms with van der Waals surface area (Å²) in [5, 5.41) is 10.6. The predicted molar refractivity (Wildman–Crippen MR) is 72.2 cm³/mol. The Hall–Kier alpha value is -0.550. The molecule has 5 heteroatoms. The maximum Gasteiger partial charge on any atom is 0.347 e. The van der Waals surface area contributed by atoms with Crippen LogP contribution in [-0.2, 0) is 0 Å². The van der Waals surface area contributed by atoms with Gasteiger partial charge in [-0.15, -0.1) is 11.3 Å². The molecule has 2 heterocycles. The van der Waals surface area contributed by atoms with Gasteiger partial charge in [0.15, 0.2) is 0 Å². The molecular formula is C12H17NO2S2. The highest BCUT2D eigenvalue weighted by atomic mass is 32.2. The minimum Gasteiger partial charge on any atom is -0.477 e. The Labute approximate surface area is 110 Å². The topological polar surface area (TPSA) is 50.2 Å². The molecule has 3 nitrogen and oxygen atoms in total. The fourth-order valence-electron chi connectivity index (χ4n) is 1.97. The summed E-state index contributed by atoms with van der Waals surface area (Å²) in [5.41, 5.74) is 0.753.